The minimum Gasteiger partial charge on any atom is -0.326 e. The Morgan fingerprint density at radius 1 is 1.43 bits per heavy atom. The SMILES string of the molecule is Cc1nc(-c2cccc(NC(=O)CCNC3CC3)c2)n[nH]1. The van der Waals surface area contributed by atoms with E-state index in [9.17, 15) is 4.79 Å². The van der Waals surface area contributed by atoms with Gasteiger partial charge in [0, 0.05) is 30.3 Å². The highest BCUT2D eigenvalue weighted by Gasteiger charge is 2.20. The molecule has 1 saturated carbocycles. The molecule has 6 heteroatoms. The van der Waals surface area contributed by atoms with Gasteiger partial charge in [0.15, 0.2) is 5.82 Å². The second-order valence-corrected chi connectivity index (χ2v) is 5.35. The number of carbonyl (C=O) groups is 1. The zero-order valence-corrected chi connectivity index (χ0v) is 12.0. The smallest absolute Gasteiger partial charge is 0.225 e. The number of amides is 1. The molecule has 0 aliphatic heterocycles. The third-order valence-corrected chi connectivity index (χ3v) is 3.36. The number of nitrogens with one attached hydrogen (secondary N) is 3. The summed E-state index contributed by atoms with van der Waals surface area (Å²) in [5.41, 5.74) is 1.65. The first-order valence-corrected chi connectivity index (χ1v) is 7.23. The first-order valence-electron chi connectivity index (χ1n) is 7.23. The maximum absolute atomic E-state index is 11.9. The highest BCUT2D eigenvalue weighted by molar-refractivity contribution is 5.91. The first kappa shape index (κ1) is 13.8. The lowest BCUT2D eigenvalue weighted by Gasteiger charge is -2.07. The molecule has 0 spiro atoms. The van der Waals surface area contributed by atoms with Gasteiger partial charge in [0.25, 0.3) is 0 Å². The van der Waals surface area contributed by atoms with Gasteiger partial charge in [-0.05, 0) is 31.9 Å². The van der Waals surface area contributed by atoms with E-state index in [1.165, 1.54) is 12.8 Å². The summed E-state index contributed by atoms with van der Waals surface area (Å²) in [6.07, 6.45) is 2.96. The first-order chi connectivity index (χ1) is 10.2. The summed E-state index contributed by atoms with van der Waals surface area (Å²) in [6, 6.07) is 8.20. The molecule has 3 rings (SSSR count). The third kappa shape index (κ3) is 3.88. The molecule has 0 atom stereocenters. The molecule has 110 valence electrons. The molecule has 21 heavy (non-hydrogen) atoms. The Hall–Kier alpha value is -2.21. The lowest BCUT2D eigenvalue weighted by Crippen LogP contribution is -2.23. The molecule has 0 bridgehead atoms. The zero-order chi connectivity index (χ0) is 14.7. The fourth-order valence-corrected chi connectivity index (χ4v) is 2.11. The average Bonchev–Trinajstić information content (AvgIpc) is 3.18. The van der Waals surface area contributed by atoms with Gasteiger partial charge in [-0.15, -0.1) is 0 Å². The van der Waals surface area contributed by atoms with Crippen LogP contribution in [0.5, 0.6) is 0 Å². The van der Waals surface area contributed by atoms with E-state index in [1.807, 2.05) is 31.2 Å². The van der Waals surface area contributed by atoms with Crippen LogP contribution in [0.25, 0.3) is 11.4 Å². The van der Waals surface area contributed by atoms with E-state index < -0.39 is 0 Å². The Balaban J connectivity index is 1.58. The third-order valence-electron chi connectivity index (χ3n) is 3.36. The topological polar surface area (TPSA) is 82.7 Å². The summed E-state index contributed by atoms with van der Waals surface area (Å²) in [5.74, 6) is 1.43. The summed E-state index contributed by atoms with van der Waals surface area (Å²) < 4.78 is 0. The molecule has 1 aromatic heterocycles. The van der Waals surface area contributed by atoms with Crippen LogP contribution in [0.2, 0.25) is 0 Å². The van der Waals surface area contributed by atoms with Crippen molar-refractivity contribution in [1.82, 2.24) is 20.5 Å². The normalized spacial score (nSPS) is 14.1. The van der Waals surface area contributed by atoms with Crippen LogP contribution in [0, 0.1) is 6.92 Å². The molecule has 0 saturated heterocycles. The summed E-state index contributed by atoms with van der Waals surface area (Å²) >= 11 is 0. The minimum atomic E-state index is 0.0199. The van der Waals surface area contributed by atoms with Crippen LogP contribution in [0.1, 0.15) is 25.1 Å². The van der Waals surface area contributed by atoms with Gasteiger partial charge >= 0.3 is 0 Å². The van der Waals surface area contributed by atoms with Crippen molar-refractivity contribution in [2.45, 2.75) is 32.2 Å². The maximum atomic E-state index is 11.9. The molecule has 1 aliphatic carbocycles. The Morgan fingerprint density at radius 2 is 2.29 bits per heavy atom. The molecule has 1 aromatic carbocycles. The van der Waals surface area contributed by atoms with Gasteiger partial charge in [-0.3, -0.25) is 9.89 Å². The van der Waals surface area contributed by atoms with Gasteiger partial charge in [-0.2, -0.15) is 5.10 Å². The number of rotatable bonds is 6. The van der Waals surface area contributed by atoms with Crippen LogP contribution in [0.4, 0.5) is 5.69 Å². The fourth-order valence-electron chi connectivity index (χ4n) is 2.11. The molecule has 1 heterocycles. The van der Waals surface area contributed by atoms with Crippen LogP contribution in [0.3, 0.4) is 0 Å². The monoisotopic (exact) mass is 285 g/mol. The summed E-state index contributed by atoms with van der Waals surface area (Å²) in [5, 5.41) is 13.2. The van der Waals surface area contributed by atoms with E-state index in [0.717, 1.165) is 23.6 Å². The molecule has 0 radical (unpaired) electrons. The molecular formula is C15H19N5O. The average molecular weight is 285 g/mol. The van der Waals surface area contributed by atoms with Crippen molar-refractivity contribution in [3.8, 4) is 11.4 Å². The summed E-state index contributed by atoms with van der Waals surface area (Å²) in [4.78, 5) is 16.2. The van der Waals surface area contributed by atoms with E-state index in [2.05, 4.69) is 25.8 Å². The predicted molar refractivity (Wildman–Crippen MR) is 80.8 cm³/mol. The van der Waals surface area contributed by atoms with Crippen molar-refractivity contribution in [3.63, 3.8) is 0 Å². The quantitative estimate of drug-likeness (QED) is 0.756. The molecule has 3 N–H and O–H groups in total. The number of anilines is 1. The van der Waals surface area contributed by atoms with Gasteiger partial charge in [0.1, 0.15) is 5.82 Å². The number of aromatic amines is 1. The van der Waals surface area contributed by atoms with E-state index >= 15 is 0 Å². The summed E-state index contributed by atoms with van der Waals surface area (Å²) in [6.45, 7) is 2.59. The van der Waals surface area contributed by atoms with E-state index in [4.69, 9.17) is 0 Å². The zero-order valence-electron chi connectivity index (χ0n) is 12.0. The highest BCUT2D eigenvalue weighted by atomic mass is 16.1. The molecule has 1 amide bonds. The number of nitrogens with zero attached hydrogens (tertiary/aromatic N) is 2. The van der Waals surface area contributed by atoms with Crippen LogP contribution < -0.4 is 10.6 Å². The van der Waals surface area contributed by atoms with Crippen LogP contribution in [-0.2, 0) is 4.79 Å². The predicted octanol–water partition coefficient (Wildman–Crippen LogP) is 1.86. The van der Waals surface area contributed by atoms with E-state index in [0.29, 0.717) is 18.3 Å². The lowest BCUT2D eigenvalue weighted by molar-refractivity contribution is -0.116. The molecule has 0 unspecified atom stereocenters. The van der Waals surface area contributed by atoms with Gasteiger partial charge in [0.2, 0.25) is 5.91 Å². The fraction of sp³-hybridized carbons (Fsp3) is 0.400. The number of hydrogen-bond acceptors (Lipinski definition) is 4. The number of H-pyrrole nitrogens is 1. The van der Waals surface area contributed by atoms with E-state index in [-0.39, 0.29) is 5.91 Å². The van der Waals surface area contributed by atoms with Crippen LogP contribution in [0.15, 0.2) is 24.3 Å². The minimum absolute atomic E-state index is 0.0199. The standard InChI is InChI=1S/C15H19N5O/c1-10-17-15(20-19-10)11-3-2-4-13(9-11)18-14(21)7-8-16-12-5-6-12/h2-4,9,12,16H,5-8H2,1H3,(H,18,21)(H,17,19,20). The van der Waals surface area contributed by atoms with Crippen molar-refractivity contribution in [1.29, 1.82) is 0 Å². The van der Waals surface area contributed by atoms with Gasteiger partial charge in [-0.25, -0.2) is 4.98 Å². The molecule has 1 aliphatic rings. The molecular weight excluding hydrogens is 266 g/mol. The van der Waals surface area contributed by atoms with Crippen LogP contribution in [-0.4, -0.2) is 33.7 Å². The van der Waals surface area contributed by atoms with Crippen molar-refractivity contribution >= 4 is 11.6 Å². The highest BCUT2D eigenvalue weighted by Crippen LogP contribution is 2.20. The number of carbonyl (C=O) groups excluding carboxylic acids is 1. The van der Waals surface area contributed by atoms with Crippen LogP contribution >= 0.6 is 0 Å². The van der Waals surface area contributed by atoms with Crippen molar-refractivity contribution in [3.05, 3.63) is 30.1 Å². The number of aryl methyl sites for hydroxylation is 1. The van der Waals surface area contributed by atoms with Gasteiger partial charge in [0.05, 0.1) is 0 Å². The van der Waals surface area contributed by atoms with E-state index in [1.54, 1.807) is 0 Å². The summed E-state index contributed by atoms with van der Waals surface area (Å²) in [7, 11) is 0. The number of benzene rings is 1. The Morgan fingerprint density at radius 3 is 3.00 bits per heavy atom. The van der Waals surface area contributed by atoms with Crippen molar-refractivity contribution in [2.24, 2.45) is 0 Å². The van der Waals surface area contributed by atoms with Crippen molar-refractivity contribution in [2.75, 3.05) is 11.9 Å². The Bertz CT molecular complexity index is 632. The second kappa shape index (κ2) is 6.05. The number of aromatic nitrogens is 3. The molecule has 6 nitrogen and oxygen atoms in total. The Labute approximate surface area is 123 Å². The molecule has 2 aromatic rings. The Kier molecular flexibility index (Phi) is 3.96. The molecule has 1 fully saturated rings. The van der Waals surface area contributed by atoms with Gasteiger partial charge in [-0.1, -0.05) is 12.1 Å². The second-order valence-electron chi connectivity index (χ2n) is 5.35. The van der Waals surface area contributed by atoms with Gasteiger partial charge < -0.3 is 10.6 Å². The maximum Gasteiger partial charge on any atom is 0.225 e. The lowest BCUT2D eigenvalue weighted by atomic mass is 10.2. The van der Waals surface area contributed by atoms with Crippen molar-refractivity contribution < 1.29 is 4.79 Å². The largest absolute Gasteiger partial charge is 0.326 e. The number of hydrogen-bond donors (Lipinski definition) is 3.